The van der Waals surface area contributed by atoms with Gasteiger partial charge in [-0.2, -0.15) is 0 Å². The summed E-state index contributed by atoms with van der Waals surface area (Å²) in [5, 5.41) is 2.85. The minimum absolute atomic E-state index is 0.00665. The van der Waals surface area contributed by atoms with E-state index in [2.05, 4.69) is 15.3 Å². The fraction of sp³-hybridized carbons (Fsp3) is 0.452. The number of amides is 1. The first-order valence-corrected chi connectivity index (χ1v) is 14.2. The average Bonchev–Trinajstić information content (AvgIpc) is 2.98. The lowest BCUT2D eigenvalue weighted by atomic mass is 9.72. The highest BCUT2D eigenvalue weighted by Crippen LogP contribution is 2.44. The number of hydrogen-bond donors (Lipinski definition) is 2. The van der Waals surface area contributed by atoms with Crippen LogP contribution in [0.3, 0.4) is 0 Å². The number of nitrogens with two attached hydrogens (primary N) is 1. The van der Waals surface area contributed by atoms with E-state index < -0.39 is 28.9 Å². The van der Waals surface area contributed by atoms with Crippen LogP contribution >= 0.6 is 0 Å². The number of methoxy groups -OCH3 is 1. The first-order chi connectivity index (χ1) is 20.3. The summed E-state index contributed by atoms with van der Waals surface area (Å²) < 4.78 is 64.4. The van der Waals surface area contributed by atoms with Crippen LogP contribution in [0.4, 0.5) is 18.9 Å². The maximum atomic E-state index is 15.9. The van der Waals surface area contributed by atoms with Crippen LogP contribution in [0.1, 0.15) is 59.6 Å². The van der Waals surface area contributed by atoms with Crippen molar-refractivity contribution in [2.24, 2.45) is 11.7 Å². The van der Waals surface area contributed by atoms with E-state index in [4.69, 9.17) is 19.9 Å². The Balaban J connectivity index is 1.48. The molecule has 4 heterocycles. The van der Waals surface area contributed by atoms with Gasteiger partial charge >= 0.3 is 0 Å². The SMILES string of the molecule is COC1C(N)CC2CC1CCOc1cc(C3(F)CCOCC3)cc(F)c1-c1nc(ccc1F)C(=O)Nc1cnccc12. The zero-order valence-electron chi connectivity index (χ0n) is 23.2. The van der Waals surface area contributed by atoms with Crippen LogP contribution in [0.5, 0.6) is 5.75 Å². The molecule has 0 radical (unpaired) electrons. The second-order valence-electron chi connectivity index (χ2n) is 11.3. The Bertz CT molecular complexity index is 1480. The first-order valence-electron chi connectivity index (χ1n) is 14.2. The molecule has 222 valence electrons. The Labute approximate surface area is 241 Å². The molecular formula is C31H33F3N4O4. The van der Waals surface area contributed by atoms with Crippen molar-refractivity contribution in [3.8, 4) is 17.0 Å². The normalized spacial score (nSPS) is 25.6. The van der Waals surface area contributed by atoms with Crippen molar-refractivity contribution in [2.45, 2.75) is 55.8 Å². The van der Waals surface area contributed by atoms with E-state index in [0.717, 1.165) is 17.7 Å². The summed E-state index contributed by atoms with van der Waals surface area (Å²) in [6.07, 6.45) is 4.88. The number of nitrogens with zero attached hydrogens (tertiary/aromatic N) is 2. The van der Waals surface area contributed by atoms with Crippen LogP contribution in [-0.4, -0.2) is 55.0 Å². The molecule has 0 spiro atoms. The van der Waals surface area contributed by atoms with Crippen molar-refractivity contribution in [1.29, 1.82) is 0 Å². The summed E-state index contributed by atoms with van der Waals surface area (Å²) in [5.41, 5.74) is 5.39. The van der Waals surface area contributed by atoms with Gasteiger partial charge in [0.25, 0.3) is 5.91 Å². The number of fused-ring (bicyclic) bond motifs is 8. The Morgan fingerprint density at radius 2 is 1.90 bits per heavy atom. The number of aromatic nitrogens is 2. The molecule has 42 heavy (non-hydrogen) atoms. The van der Waals surface area contributed by atoms with Crippen LogP contribution in [0.2, 0.25) is 0 Å². The van der Waals surface area contributed by atoms with Crippen molar-refractivity contribution in [2.75, 3.05) is 32.2 Å². The fourth-order valence-electron chi connectivity index (χ4n) is 6.59. The standard InChI is InChI=1S/C31H33F3N4O4/c1-40-29-17-5-9-42-26-15-19(31(34)6-10-41-11-7-31)14-22(33)27(26)28-21(32)2-3-24(37-28)30(39)38-25-16-36-8-4-20(25)18(12-17)13-23(29)35/h2-4,8,14-18,23,29H,5-7,9-13,35H2,1H3,(H,38,39). The van der Waals surface area contributed by atoms with Crippen LogP contribution in [0.25, 0.3) is 11.3 Å². The van der Waals surface area contributed by atoms with Gasteiger partial charge in [0.05, 0.1) is 30.2 Å². The molecule has 2 aliphatic heterocycles. The predicted molar refractivity (Wildman–Crippen MR) is 149 cm³/mol. The molecule has 1 saturated heterocycles. The minimum atomic E-state index is -1.83. The van der Waals surface area contributed by atoms with E-state index >= 15 is 13.2 Å². The molecule has 4 atom stereocenters. The number of alkyl halides is 1. The van der Waals surface area contributed by atoms with E-state index in [0.29, 0.717) is 24.9 Å². The first kappa shape index (κ1) is 28.6. The van der Waals surface area contributed by atoms with Gasteiger partial charge < -0.3 is 25.3 Å². The number of carbonyl (C=O) groups excluding carboxylic acids is 1. The van der Waals surface area contributed by atoms with Gasteiger partial charge in [-0.05, 0) is 72.6 Å². The van der Waals surface area contributed by atoms with Crippen LogP contribution in [0.15, 0.2) is 42.7 Å². The summed E-state index contributed by atoms with van der Waals surface area (Å²) in [6.45, 7) is 0.510. The number of hydrogen-bond acceptors (Lipinski definition) is 7. The van der Waals surface area contributed by atoms with Gasteiger partial charge in [0.2, 0.25) is 0 Å². The molecule has 2 aromatic heterocycles. The molecule has 3 aromatic rings. The zero-order chi connectivity index (χ0) is 29.4. The summed E-state index contributed by atoms with van der Waals surface area (Å²) in [7, 11) is 1.62. The van der Waals surface area contributed by atoms with E-state index in [1.807, 2.05) is 6.07 Å². The Hall–Kier alpha value is -3.54. The van der Waals surface area contributed by atoms with Crippen molar-refractivity contribution >= 4 is 11.6 Å². The molecule has 4 unspecified atom stereocenters. The zero-order valence-corrected chi connectivity index (χ0v) is 23.2. The molecule has 3 aliphatic rings. The lowest BCUT2D eigenvalue weighted by Gasteiger charge is -2.40. The van der Waals surface area contributed by atoms with Gasteiger partial charge in [-0.25, -0.2) is 18.2 Å². The summed E-state index contributed by atoms with van der Waals surface area (Å²) in [5.74, 6) is -2.46. The van der Waals surface area contributed by atoms with Crippen molar-refractivity contribution < 1.29 is 32.2 Å². The number of pyridine rings is 2. The van der Waals surface area contributed by atoms with Gasteiger partial charge in [-0.15, -0.1) is 0 Å². The van der Waals surface area contributed by atoms with Gasteiger partial charge in [0.1, 0.15) is 34.4 Å². The van der Waals surface area contributed by atoms with E-state index in [1.54, 1.807) is 19.5 Å². The summed E-state index contributed by atoms with van der Waals surface area (Å²) >= 11 is 0. The van der Waals surface area contributed by atoms with Crippen molar-refractivity contribution in [3.05, 3.63) is 71.2 Å². The monoisotopic (exact) mass is 582 g/mol. The van der Waals surface area contributed by atoms with Crippen molar-refractivity contribution in [3.63, 3.8) is 0 Å². The summed E-state index contributed by atoms with van der Waals surface area (Å²) in [6, 6.07) is 6.33. The molecule has 4 bridgehead atoms. The second-order valence-corrected chi connectivity index (χ2v) is 11.3. The Morgan fingerprint density at radius 3 is 2.69 bits per heavy atom. The quantitative estimate of drug-likeness (QED) is 0.424. The van der Waals surface area contributed by atoms with E-state index in [9.17, 15) is 4.79 Å². The third-order valence-electron chi connectivity index (χ3n) is 8.76. The van der Waals surface area contributed by atoms with Gasteiger partial charge in [-0.3, -0.25) is 9.78 Å². The number of rotatable bonds is 2. The molecule has 1 saturated carbocycles. The topological polar surface area (TPSA) is 109 Å². The third-order valence-corrected chi connectivity index (χ3v) is 8.76. The highest BCUT2D eigenvalue weighted by atomic mass is 19.1. The predicted octanol–water partition coefficient (Wildman–Crippen LogP) is 5.27. The van der Waals surface area contributed by atoms with E-state index in [-0.39, 0.29) is 79.2 Å². The molecule has 8 nitrogen and oxygen atoms in total. The lowest BCUT2D eigenvalue weighted by Crippen LogP contribution is -2.47. The fourth-order valence-corrected chi connectivity index (χ4v) is 6.59. The molecule has 1 amide bonds. The molecular weight excluding hydrogens is 549 g/mol. The van der Waals surface area contributed by atoms with Crippen LogP contribution < -0.4 is 15.8 Å². The number of ether oxygens (including phenoxy) is 3. The molecule has 11 heteroatoms. The molecule has 1 aliphatic carbocycles. The largest absolute Gasteiger partial charge is 0.493 e. The van der Waals surface area contributed by atoms with Gasteiger partial charge in [-0.1, -0.05) is 0 Å². The lowest BCUT2D eigenvalue weighted by molar-refractivity contribution is -0.0118. The maximum absolute atomic E-state index is 15.9. The van der Waals surface area contributed by atoms with Gasteiger partial charge in [0.15, 0.2) is 0 Å². The smallest absolute Gasteiger partial charge is 0.274 e. The second kappa shape index (κ2) is 11.6. The minimum Gasteiger partial charge on any atom is -0.493 e. The summed E-state index contributed by atoms with van der Waals surface area (Å²) in [4.78, 5) is 21.8. The Morgan fingerprint density at radius 1 is 1.10 bits per heavy atom. The molecule has 2 fully saturated rings. The third kappa shape index (κ3) is 5.36. The van der Waals surface area contributed by atoms with Crippen LogP contribution in [-0.2, 0) is 15.1 Å². The van der Waals surface area contributed by atoms with E-state index in [1.165, 1.54) is 12.1 Å². The highest BCUT2D eigenvalue weighted by Gasteiger charge is 2.39. The molecule has 1 aromatic carbocycles. The van der Waals surface area contributed by atoms with Gasteiger partial charge in [0, 0.05) is 45.4 Å². The van der Waals surface area contributed by atoms with Crippen LogP contribution in [0, 0.1) is 17.6 Å². The molecule has 6 rings (SSSR count). The average molecular weight is 583 g/mol. The molecule has 3 N–H and O–H groups in total. The number of carbonyl (C=O) groups is 1. The Kier molecular flexibility index (Phi) is 7.91. The number of halogens is 3. The maximum Gasteiger partial charge on any atom is 0.274 e. The number of benzene rings is 1. The highest BCUT2D eigenvalue weighted by molar-refractivity contribution is 6.03. The number of anilines is 1. The number of nitrogens with one attached hydrogen (secondary N) is 1. The van der Waals surface area contributed by atoms with Crippen molar-refractivity contribution in [1.82, 2.24) is 9.97 Å².